The number of nitrogens with one attached hydrogen (secondary N) is 2. The maximum atomic E-state index is 13.3. The van der Waals surface area contributed by atoms with E-state index in [0.717, 1.165) is 47.4 Å². The third-order valence-corrected chi connectivity index (χ3v) is 8.49. The van der Waals surface area contributed by atoms with Crippen LogP contribution in [0.15, 0.2) is 29.2 Å². The van der Waals surface area contributed by atoms with Crippen LogP contribution in [0, 0.1) is 0 Å². The van der Waals surface area contributed by atoms with E-state index in [4.69, 9.17) is 9.84 Å². The number of esters is 1. The Morgan fingerprint density at radius 3 is 2.53 bits per heavy atom. The Morgan fingerprint density at radius 2 is 1.83 bits per heavy atom. The second-order valence-electron chi connectivity index (χ2n) is 8.59. The summed E-state index contributed by atoms with van der Waals surface area (Å²) in [6, 6.07) is 7.10. The number of aryl methyl sites for hydroxylation is 1. The Bertz CT molecular complexity index is 1110. The predicted molar refractivity (Wildman–Crippen MR) is 142 cm³/mol. The molecular weight excluding hydrogens is 500 g/mol. The molecule has 3 rings (SSSR count). The number of methoxy groups -OCH3 is 1. The molecule has 0 radical (unpaired) electrons. The van der Waals surface area contributed by atoms with E-state index < -0.39 is 17.2 Å². The zero-order valence-corrected chi connectivity index (χ0v) is 22.2. The number of hydrogen-bond acceptors (Lipinski definition) is 7. The fraction of sp³-hybridized carbons (Fsp3) is 0.462. The van der Waals surface area contributed by atoms with Crippen molar-refractivity contribution in [3.8, 4) is 0 Å². The van der Waals surface area contributed by atoms with Gasteiger partial charge in [0.05, 0.1) is 24.3 Å². The second kappa shape index (κ2) is 13.5. The summed E-state index contributed by atoms with van der Waals surface area (Å²) in [7, 11) is 1.36. The van der Waals surface area contributed by atoms with Gasteiger partial charge >= 0.3 is 11.9 Å². The first-order valence-corrected chi connectivity index (χ1v) is 13.8. The first-order chi connectivity index (χ1) is 17.3. The number of carbonyl (C=O) groups excluding carboxylic acids is 3. The highest BCUT2D eigenvalue weighted by Crippen LogP contribution is 2.38. The standard InChI is InChI=1S/C26H32N2O6S2/c1-3-19(35-17-10-8-9-16(15-17)27-21(29)13-14-22(30)31)24(32)28-25-23(26(33)34-2)18-11-6-4-5-7-12-20(18)36-25/h8-10,15,19H,3-7,11-14H2,1-2H3,(H,27,29)(H,28,32)(H,30,31). The van der Waals surface area contributed by atoms with Gasteiger partial charge in [-0.1, -0.05) is 25.8 Å². The molecule has 1 unspecified atom stereocenters. The van der Waals surface area contributed by atoms with E-state index in [-0.39, 0.29) is 24.7 Å². The maximum absolute atomic E-state index is 13.3. The van der Waals surface area contributed by atoms with Crippen molar-refractivity contribution >= 4 is 57.5 Å². The van der Waals surface area contributed by atoms with Gasteiger partial charge in [0.2, 0.25) is 11.8 Å². The van der Waals surface area contributed by atoms with Crippen LogP contribution in [0.25, 0.3) is 0 Å². The topological polar surface area (TPSA) is 122 Å². The number of carboxylic acid groups (broad SMARTS) is 1. The SMILES string of the molecule is CCC(Sc1cccc(NC(=O)CCC(=O)O)c1)C(=O)Nc1sc2c(c1C(=O)OC)CCCCCC2. The van der Waals surface area contributed by atoms with Crippen molar-refractivity contribution in [2.45, 2.75) is 74.9 Å². The number of thioether (sulfide) groups is 1. The summed E-state index contributed by atoms with van der Waals surface area (Å²) in [5.41, 5.74) is 2.03. The summed E-state index contributed by atoms with van der Waals surface area (Å²) in [5.74, 6) is -2.03. The minimum absolute atomic E-state index is 0.111. The summed E-state index contributed by atoms with van der Waals surface area (Å²) >= 11 is 2.84. The molecule has 2 amide bonds. The molecule has 1 aliphatic rings. The number of fused-ring (bicyclic) bond motifs is 1. The first-order valence-electron chi connectivity index (χ1n) is 12.1. The third kappa shape index (κ3) is 7.57. The smallest absolute Gasteiger partial charge is 0.341 e. The fourth-order valence-electron chi connectivity index (χ4n) is 4.10. The van der Waals surface area contributed by atoms with Gasteiger partial charge in [-0.2, -0.15) is 0 Å². The minimum Gasteiger partial charge on any atom is -0.481 e. The van der Waals surface area contributed by atoms with Crippen molar-refractivity contribution in [2.75, 3.05) is 17.7 Å². The summed E-state index contributed by atoms with van der Waals surface area (Å²) in [6.45, 7) is 1.92. The van der Waals surface area contributed by atoms with Crippen LogP contribution in [0.4, 0.5) is 10.7 Å². The number of hydrogen-bond donors (Lipinski definition) is 3. The Hall–Kier alpha value is -2.85. The number of anilines is 2. The second-order valence-corrected chi connectivity index (χ2v) is 11.0. The third-order valence-electron chi connectivity index (χ3n) is 5.92. The van der Waals surface area contributed by atoms with E-state index >= 15 is 0 Å². The molecule has 1 aromatic heterocycles. The zero-order chi connectivity index (χ0) is 26.1. The number of carboxylic acids is 1. The molecule has 10 heteroatoms. The molecule has 36 heavy (non-hydrogen) atoms. The van der Waals surface area contributed by atoms with Crippen LogP contribution in [0.3, 0.4) is 0 Å². The molecule has 1 aromatic carbocycles. The van der Waals surface area contributed by atoms with Crippen molar-refractivity contribution < 1.29 is 29.0 Å². The lowest BCUT2D eigenvalue weighted by Gasteiger charge is -2.16. The highest BCUT2D eigenvalue weighted by Gasteiger charge is 2.28. The van der Waals surface area contributed by atoms with Crippen molar-refractivity contribution in [3.05, 3.63) is 40.3 Å². The molecule has 3 N–H and O–H groups in total. The van der Waals surface area contributed by atoms with Gasteiger partial charge in [0.25, 0.3) is 0 Å². The number of benzene rings is 1. The maximum Gasteiger partial charge on any atom is 0.341 e. The number of rotatable bonds is 10. The average molecular weight is 533 g/mol. The molecule has 0 bridgehead atoms. The van der Waals surface area contributed by atoms with Gasteiger partial charge in [0.1, 0.15) is 5.00 Å². The van der Waals surface area contributed by atoms with Crippen molar-refractivity contribution in [1.29, 1.82) is 0 Å². The largest absolute Gasteiger partial charge is 0.481 e. The summed E-state index contributed by atoms with van der Waals surface area (Å²) in [6.07, 6.45) is 6.30. The van der Waals surface area contributed by atoms with Gasteiger partial charge in [0.15, 0.2) is 0 Å². The number of ether oxygens (including phenoxy) is 1. The molecule has 0 aliphatic heterocycles. The van der Waals surface area contributed by atoms with Gasteiger partial charge < -0.3 is 20.5 Å². The number of aliphatic carboxylic acids is 1. The summed E-state index contributed by atoms with van der Waals surface area (Å²) in [4.78, 5) is 50.5. The normalized spacial score (nSPS) is 14.1. The Morgan fingerprint density at radius 1 is 1.08 bits per heavy atom. The zero-order valence-electron chi connectivity index (χ0n) is 20.6. The van der Waals surface area contributed by atoms with Gasteiger partial charge in [-0.3, -0.25) is 14.4 Å². The Kier molecular flexibility index (Phi) is 10.4. The van der Waals surface area contributed by atoms with Crippen LogP contribution in [0.1, 0.15) is 72.7 Å². The van der Waals surface area contributed by atoms with E-state index in [1.165, 1.54) is 36.6 Å². The lowest BCUT2D eigenvalue weighted by atomic mass is 9.96. The van der Waals surface area contributed by atoms with E-state index in [1.54, 1.807) is 18.2 Å². The quantitative estimate of drug-likeness (QED) is 0.273. The molecule has 0 saturated carbocycles. The molecule has 1 aliphatic carbocycles. The van der Waals surface area contributed by atoms with Crippen LogP contribution in [-0.2, 0) is 32.0 Å². The highest BCUT2D eigenvalue weighted by molar-refractivity contribution is 8.00. The monoisotopic (exact) mass is 532 g/mol. The minimum atomic E-state index is -1.03. The van der Waals surface area contributed by atoms with E-state index in [9.17, 15) is 19.2 Å². The molecule has 2 aromatic rings. The van der Waals surface area contributed by atoms with Crippen LogP contribution in [0.5, 0.6) is 0 Å². The van der Waals surface area contributed by atoms with Crippen LogP contribution >= 0.6 is 23.1 Å². The van der Waals surface area contributed by atoms with Crippen LogP contribution in [-0.4, -0.2) is 41.2 Å². The molecule has 1 atom stereocenters. The molecule has 0 saturated heterocycles. The lowest BCUT2D eigenvalue weighted by Crippen LogP contribution is -2.25. The summed E-state index contributed by atoms with van der Waals surface area (Å²) < 4.78 is 5.06. The van der Waals surface area contributed by atoms with Gasteiger partial charge in [-0.15, -0.1) is 23.1 Å². The van der Waals surface area contributed by atoms with Crippen molar-refractivity contribution in [1.82, 2.24) is 0 Å². The van der Waals surface area contributed by atoms with E-state index in [0.29, 0.717) is 22.7 Å². The van der Waals surface area contributed by atoms with Gasteiger partial charge in [0, 0.05) is 21.9 Å². The molecule has 0 spiro atoms. The molecular formula is C26H32N2O6S2. The molecule has 194 valence electrons. The van der Waals surface area contributed by atoms with Crippen molar-refractivity contribution in [3.63, 3.8) is 0 Å². The highest BCUT2D eigenvalue weighted by atomic mass is 32.2. The molecule has 8 nitrogen and oxygen atoms in total. The van der Waals surface area contributed by atoms with Crippen LogP contribution < -0.4 is 10.6 Å². The fourth-order valence-corrected chi connectivity index (χ4v) is 6.39. The average Bonchev–Trinajstić information content (AvgIpc) is 3.16. The number of thiophene rings is 1. The van der Waals surface area contributed by atoms with Crippen molar-refractivity contribution in [2.24, 2.45) is 0 Å². The molecule has 1 heterocycles. The Balaban J connectivity index is 1.73. The molecule has 0 fully saturated rings. The van der Waals surface area contributed by atoms with Gasteiger partial charge in [-0.25, -0.2) is 4.79 Å². The Labute approximate surface area is 219 Å². The van der Waals surface area contributed by atoms with Gasteiger partial charge in [-0.05, 0) is 55.9 Å². The lowest BCUT2D eigenvalue weighted by molar-refractivity contribution is -0.138. The first kappa shape index (κ1) is 27.7. The van der Waals surface area contributed by atoms with E-state index in [1.807, 2.05) is 13.0 Å². The predicted octanol–water partition coefficient (Wildman–Crippen LogP) is 5.51. The van der Waals surface area contributed by atoms with Crippen LogP contribution in [0.2, 0.25) is 0 Å². The number of carbonyl (C=O) groups is 4. The summed E-state index contributed by atoms with van der Waals surface area (Å²) in [5, 5.41) is 14.6. The van der Waals surface area contributed by atoms with E-state index in [2.05, 4.69) is 10.6 Å². The number of amides is 2.